The molecule has 0 fully saturated rings. The lowest BCUT2D eigenvalue weighted by atomic mass is 10.2. The predicted molar refractivity (Wildman–Crippen MR) is 66.4 cm³/mol. The minimum Gasteiger partial charge on any atom is -0.295 e. The molecule has 5 heteroatoms. The van der Waals surface area contributed by atoms with E-state index >= 15 is 0 Å². The Morgan fingerprint density at radius 1 is 1.41 bits per heavy atom. The molecular formula is C12H10BrFN2O. The molecule has 88 valence electrons. The van der Waals surface area contributed by atoms with E-state index in [0.717, 1.165) is 5.56 Å². The second kappa shape index (κ2) is 4.79. The van der Waals surface area contributed by atoms with Crippen molar-refractivity contribution < 1.29 is 4.39 Å². The van der Waals surface area contributed by atoms with Crippen molar-refractivity contribution in [1.29, 1.82) is 0 Å². The van der Waals surface area contributed by atoms with Gasteiger partial charge in [-0.05, 0) is 24.6 Å². The molecule has 0 saturated heterocycles. The molecule has 2 aromatic rings. The van der Waals surface area contributed by atoms with E-state index in [1.54, 1.807) is 13.0 Å². The first-order chi connectivity index (χ1) is 8.06. The van der Waals surface area contributed by atoms with Gasteiger partial charge in [-0.1, -0.05) is 22.0 Å². The molecule has 17 heavy (non-hydrogen) atoms. The van der Waals surface area contributed by atoms with E-state index in [9.17, 15) is 9.18 Å². The topological polar surface area (TPSA) is 34.9 Å². The molecule has 1 aromatic heterocycles. The molecule has 1 heterocycles. The van der Waals surface area contributed by atoms with Gasteiger partial charge in [-0.25, -0.2) is 9.37 Å². The molecule has 0 N–H and O–H groups in total. The summed E-state index contributed by atoms with van der Waals surface area (Å²) in [5, 5.41) is 0. The zero-order chi connectivity index (χ0) is 12.4. The van der Waals surface area contributed by atoms with Gasteiger partial charge >= 0.3 is 0 Å². The number of rotatable bonds is 2. The van der Waals surface area contributed by atoms with Crippen LogP contribution >= 0.6 is 15.9 Å². The van der Waals surface area contributed by atoms with Crippen LogP contribution < -0.4 is 5.56 Å². The van der Waals surface area contributed by atoms with Crippen molar-refractivity contribution in [3.63, 3.8) is 0 Å². The van der Waals surface area contributed by atoms with Gasteiger partial charge in [0.1, 0.15) is 5.82 Å². The zero-order valence-corrected chi connectivity index (χ0v) is 10.7. The second-order valence-corrected chi connectivity index (χ2v) is 4.59. The van der Waals surface area contributed by atoms with Gasteiger partial charge in [0.15, 0.2) is 0 Å². The average molecular weight is 297 g/mol. The van der Waals surface area contributed by atoms with Crippen molar-refractivity contribution in [2.45, 2.75) is 13.5 Å². The first kappa shape index (κ1) is 12.0. The van der Waals surface area contributed by atoms with Crippen LogP contribution in [0.5, 0.6) is 0 Å². The monoisotopic (exact) mass is 296 g/mol. The highest BCUT2D eigenvalue weighted by molar-refractivity contribution is 9.10. The number of benzene rings is 1. The third-order valence-corrected chi connectivity index (χ3v) is 3.11. The van der Waals surface area contributed by atoms with E-state index < -0.39 is 0 Å². The maximum atomic E-state index is 12.9. The van der Waals surface area contributed by atoms with Gasteiger partial charge in [0.2, 0.25) is 0 Å². The van der Waals surface area contributed by atoms with E-state index in [1.807, 2.05) is 0 Å². The zero-order valence-electron chi connectivity index (χ0n) is 9.15. The molecule has 3 nitrogen and oxygen atoms in total. The summed E-state index contributed by atoms with van der Waals surface area (Å²) in [5.74, 6) is -0.310. The van der Waals surface area contributed by atoms with Gasteiger partial charge in [0.25, 0.3) is 5.56 Å². The summed E-state index contributed by atoms with van der Waals surface area (Å²) in [6, 6.07) is 5.86. The van der Waals surface area contributed by atoms with Crippen molar-refractivity contribution in [3.8, 4) is 0 Å². The van der Waals surface area contributed by atoms with Crippen molar-refractivity contribution in [1.82, 2.24) is 9.55 Å². The van der Waals surface area contributed by atoms with Gasteiger partial charge in [-0.3, -0.25) is 9.36 Å². The van der Waals surface area contributed by atoms with E-state index in [4.69, 9.17) is 0 Å². The van der Waals surface area contributed by atoms with E-state index in [-0.39, 0.29) is 11.4 Å². The van der Waals surface area contributed by atoms with Crippen molar-refractivity contribution in [2.75, 3.05) is 0 Å². The summed E-state index contributed by atoms with van der Waals surface area (Å²) in [4.78, 5) is 15.7. The molecule has 0 aliphatic rings. The van der Waals surface area contributed by atoms with Crippen LogP contribution in [-0.4, -0.2) is 9.55 Å². The normalized spacial score (nSPS) is 10.5. The van der Waals surface area contributed by atoms with Gasteiger partial charge in [-0.2, -0.15) is 0 Å². The Hall–Kier alpha value is -1.49. The smallest absolute Gasteiger partial charge is 0.253 e. The van der Waals surface area contributed by atoms with Crippen LogP contribution in [0, 0.1) is 12.7 Å². The van der Waals surface area contributed by atoms with Crippen molar-refractivity contribution >= 4 is 15.9 Å². The molecule has 0 saturated carbocycles. The quantitative estimate of drug-likeness (QED) is 0.853. The van der Waals surface area contributed by atoms with Crippen LogP contribution in [0.3, 0.4) is 0 Å². The molecule has 0 radical (unpaired) electrons. The number of hydrogen-bond acceptors (Lipinski definition) is 2. The summed E-state index contributed by atoms with van der Waals surface area (Å²) in [6.07, 6.45) is 1.49. The minimum atomic E-state index is -0.310. The number of nitrogens with zero attached hydrogens (tertiary/aromatic N) is 2. The maximum absolute atomic E-state index is 12.9. The van der Waals surface area contributed by atoms with Crippen LogP contribution in [0.1, 0.15) is 11.3 Å². The predicted octanol–water partition coefficient (Wildman–Crippen LogP) is 2.50. The first-order valence-electron chi connectivity index (χ1n) is 5.03. The third-order valence-electron chi connectivity index (χ3n) is 2.37. The molecule has 0 spiro atoms. The minimum absolute atomic E-state index is 0.117. The molecule has 0 bridgehead atoms. The molecule has 0 amide bonds. The van der Waals surface area contributed by atoms with Crippen LogP contribution in [0.2, 0.25) is 0 Å². The summed E-state index contributed by atoms with van der Waals surface area (Å²) >= 11 is 3.27. The Bertz CT molecular complexity index is 610. The second-order valence-electron chi connectivity index (χ2n) is 3.73. The standard InChI is InChI=1S/C12H10BrFN2O/c1-8-4-12(17)16(7-15-8)6-9-2-3-10(14)5-11(9)13/h2-5,7H,6H2,1H3. The summed E-state index contributed by atoms with van der Waals surface area (Å²) < 4.78 is 15.0. The molecule has 0 aliphatic heterocycles. The van der Waals surface area contributed by atoms with Crippen LogP contribution in [0.15, 0.2) is 39.9 Å². The van der Waals surface area contributed by atoms with E-state index in [1.165, 1.54) is 29.1 Å². The fourth-order valence-electron chi connectivity index (χ4n) is 1.47. The fourth-order valence-corrected chi connectivity index (χ4v) is 1.94. The number of aryl methyl sites for hydroxylation is 1. The van der Waals surface area contributed by atoms with Crippen LogP contribution in [-0.2, 0) is 6.54 Å². The Morgan fingerprint density at radius 2 is 2.18 bits per heavy atom. The summed E-state index contributed by atoms with van der Waals surface area (Å²) in [7, 11) is 0. The summed E-state index contributed by atoms with van der Waals surface area (Å²) in [5.41, 5.74) is 1.40. The van der Waals surface area contributed by atoms with Crippen molar-refractivity contribution in [3.05, 3.63) is 62.5 Å². The Kier molecular flexibility index (Phi) is 3.38. The lowest BCUT2D eigenvalue weighted by Gasteiger charge is -2.07. The lowest BCUT2D eigenvalue weighted by Crippen LogP contribution is -2.20. The van der Waals surface area contributed by atoms with E-state index in [0.29, 0.717) is 16.7 Å². The largest absolute Gasteiger partial charge is 0.295 e. The first-order valence-corrected chi connectivity index (χ1v) is 5.82. The fraction of sp³-hybridized carbons (Fsp3) is 0.167. The highest BCUT2D eigenvalue weighted by Crippen LogP contribution is 2.18. The highest BCUT2D eigenvalue weighted by atomic mass is 79.9. The molecule has 0 unspecified atom stereocenters. The average Bonchev–Trinajstić information content (AvgIpc) is 2.25. The lowest BCUT2D eigenvalue weighted by molar-refractivity contribution is 0.624. The van der Waals surface area contributed by atoms with Gasteiger partial charge in [0, 0.05) is 16.2 Å². The van der Waals surface area contributed by atoms with Gasteiger partial charge in [-0.15, -0.1) is 0 Å². The third kappa shape index (κ3) is 2.79. The van der Waals surface area contributed by atoms with E-state index in [2.05, 4.69) is 20.9 Å². The molecule has 1 aromatic carbocycles. The number of halogens is 2. The Morgan fingerprint density at radius 3 is 2.82 bits per heavy atom. The molecular weight excluding hydrogens is 287 g/mol. The maximum Gasteiger partial charge on any atom is 0.253 e. The van der Waals surface area contributed by atoms with Gasteiger partial charge in [0.05, 0.1) is 12.9 Å². The highest BCUT2D eigenvalue weighted by Gasteiger charge is 2.04. The SMILES string of the molecule is Cc1cc(=O)n(Cc2ccc(F)cc2Br)cn1. The van der Waals surface area contributed by atoms with Crippen molar-refractivity contribution in [2.24, 2.45) is 0 Å². The number of hydrogen-bond donors (Lipinski definition) is 0. The summed E-state index contributed by atoms with van der Waals surface area (Å²) in [6.45, 7) is 2.13. The Labute approximate surface area is 106 Å². The number of aromatic nitrogens is 2. The van der Waals surface area contributed by atoms with Crippen LogP contribution in [0.25, 0.3) is 0 Å². The van der Waals surface area contributed by atoms with Gasteiger partial charge < -0.3 is 0 Å². The molecule has 0 aliphatic carbocycles. The molecule has 2 rings (SSSR count). The molecule has 0 atom stereocenters. The Balaban J connectivity index is 2.35. The van der Waals surface area contributed by atoms with Crippen LogP contribution in [0.4, 0.5) is 4.39 Å².